The number of aromatic nitrogens is 1. The predicted octanol–water partition coefficient (Wildman–Crippen LogP) is 1.01. The molecule has 15 heavy (non-hydrogen) atoms. The lowest BCUT2D eigenvalue weighted by Crippen LogP contribution is -2.30. The zero-order valence-electron chi connectivity index (χ0n) is 8.40. The summed E-state index contributed by atoms with van der Waals surface area (Å²) in [6.07, 6.45) is 0.930. The second-order valence-electron chi connectivity index (χ2n) is 2.71. The molecule has 5 heteroatoms. The van der Waals surface area contributed by atoms with Crippen molar-refractivity contribution in [2.75, 3.05) is 13.2 Å². The van der Waals surface area contributed by atoms with Gasteiger partial charge < -0.3 is 10.1 Å². The topological polar surface area (TPSA) is 68.3 Å². The molecular weight excluding hydrogens is 196 g/mol. The van der Waals surface area contributed by atoms with E-state index < -0.39 is 6.09 Å². The van der Waals surface area contributed by atoms with Crippen LogP contribution in [0.3, 0.4) is 0 Å². The summed E-state index contributed by atoms with van der Waals surface area (Å²) in [5.74, 6) is -0.247. The fourth-order valence-electron chi connectivity index (χ4n) is 0.953. The number of ether oxygens (including phenoxy) is 1. The summed E-state index contributed by atoms with van der Waals surface area (Å²) in [7, 11) is 0. The molecule has 0 aromatic carbocycles. The van der Waals surface area contributed by atoms with Gasteiger partial charge in [0.15, 0.2) is 5.78 Å². The number of pyridine rings is 1. The number of nitrogens with zero attached hydrogens (tertiary/aromatic N) is 1. The van der Waals surface area contributed by atoms with Crippen LogP contribution in [0.2, 0.25) is 0 Å². The molecule has 0 aliphatic heterocycles. The number of hydrogen-bond acceptors (Lipinski definition) is 4. The molecule has 0 saturated heterocycles. The molecule has 0 aliphatic carbocycles. The van der Waals surface area contributed by atoms with E-state index in [1.807, 2.05) is 0 Å². The lowest BCUT2D eigenvalue weighted by Gasteiger charge is -2.03. The Labute approximate surface area is 87.5 Å². The standard InChI is InChI=1S/C10H12N2O3/c1-2-15-10(14)12-7-9(13)8-5-3-4-6-11-8/h3-6H,2,7H2,1H3,(H,12,14). The van der Waals surface area contributed by atoms with Gasteiger partial charge in [0, 0.05) is 6.20 Å². The highest BCUT2D eigenvalue weighted by atomic mass is 16.5. The van der Waals surface area contributed by atoms with Crippen molar-refractivity contribution in [3.63, 3.8) is 0 Å². The first kappa shape index (κ1) is 11.2. The van der Waals surface area contributed by atoms with Crippen LogP contribution in [0, 0.1) is 0 Å². The van der Waals surface area contributed by atoms with Crippen molar-refractivity contribution in [2.24, 2.45) is 0 Å². The lowest BCUT2D eigenvalue weighted by atomic mass is 10.2. The van der Waals surface area contributed by atoms with Crippen molar-refractivity contribution in [3.8, 4) is 0 Å². The summed E-state index contributed by atoms with van der Waals surface area (Å²) in [5.41, 5.74) is 0.328. The van der Waals surface area contributed by atoms with E-state index in [1.165, 1.54) is 6.20 Å². The van der Waals surface area contributed by atoms with Crippen molar-refractivity contribution in [2.45, 2.75) is 6.92 Å². The zero-order valence-corrected chi connectivity index (χ0v) is 8.40. The average molecular weight is 208 g/mol. The molecule has 1 N–H and O–H groups in total. The maximum Gasteiger partial charge on any atom is 0.407 e. The van der Waals surface area contributed by atoms with Gasteiger partial charge in [-0.25, -0.2) is 4.79 Å². The molecule has 0 saturated carbocycles. The van der Waals surface area contributed by atoms with Gasteiger partial charge in [0.25, 0.3) is 0 Å². The molecule has 0 atom stereocenters. The highest BCUT2D eigenvalue weighted by molar-refractivity contribution is 5.97. The third-order valence-corrected chi connectivity index (χ3v) is 1.62. The number of nitrogens with one attached hydrogen (secondary N) is 1. The smallest absolute Gasteiger partial charge is 0.407 e. The number of hydrogen-bond donors (Lipinski definition) is 1. The molecular formula is C10H12N2O3. The second-order valence-corrected chi connectivity index (χ2v) is 2.71. The fourth-order valence-corrected chi connectivity index (χ4v) is 0.953. The van der Waals surface area contributed by atoms with Gasteiger partial charge in [-0.05, 0) is 19.1 Å². The van der Waals surface area contributed by atoms with Gasteiger partial charge in [0.1, 0.15) is 5.69 Å². The highest BCUT2D eigenvalue weighted by Crippen LogP contribution is 1.93. The fraction of sp³-hybridized carbons (Fsp3) is 0.300. The maximum absolute atomic E-state index is 11.4. The molecule has 1 rings (SSSR count). The van der Waals surface area contributed by atoms with Gasteiger partial charge in [-0.2, -0.15) is 0 Å². The van der Waals surface area contributed by atoms with Crippen LogP contribution in [0.5, 0.6) is 0 Å². The van der Waals surface area contributed by atoms with Crippen LogP contribution in [0.4, 0.5) is 4.79 Å². The van der Waals surface area contributed by atoms with E-state index in [1.54, 1.807) is 25.1 Å². The van der Waals surface area contributed by atoms with Crippen molar-refractivity contribution < 1.29 is 14.3 Å². The molecule has 0 aliphatic rings. The Hall–Kier alpha value is -1.91. The zero-order chi connectivity index (χ0) is 11.1. The third kappa shape index (κ3) is 3.76. The Bertz CT molecular complexity index is 338. The van der Waals surface area contributed by atoms with Gasteiger partial charge in [0.2, 0.25) is 0 Å². The first-order valence-electron chi connectivity index (χ1n) is 4.59. The van der Waals surface area contributed by atoms with E-state index in [4.69, 9.17) is 0 Å². The average Bonchev–Trinajstić information content (AvgIpc) is 2.27. The SMILES string of the molecule is CCOC(=O)NCC(=O)c1ccccn1. The summed E-state index contributed by atoms with van der Waals surface area (Å²) in [4.78, 5) is 26.2. The molecule has 1 aromatic heterocycles. The van der Waals surface area contributed by atoms with Crippen molar-refractivity contribution >= 4 is 11.9 Å². The minimum atomic E-state index is -0.596. The quantitative estimate of drug-likeness (QED) is 0.750. The van der Waals surface area contributed by atoms with Crippen LogP contribution in [-0.4, -0.2) is 30.0 Å². The van der Waals surface area contributed by atoms with Crippen LogP contribution in [0.25, 0.3) is 0 Å². The van der Waals surface area contributed by atoms with Gasteiger partial charge in [-0.15, -0.1) is 0 Å². The molecule has 0 spiro atoms. The predicted molar refractivity (Wildman–Crippen MR) is 53.6 cm³/mol. The van der Waals surface area contributed by atoms with Crippen molar-refractivity contribution in [1.82, 2.24) is 10.3 Å². The minimum absolute atomic E-state index is 0.101. The van der Waals surface area contributed by atoms with Crippen LogP contribution in [-0.2, 0) is 4.74 Å². The lowest BCUT2D eigenvalue weighted by molar-refractivity contribution is 0.0974. The van der Waals surface area contributed by atoms with Gasteiger partial charge in [0.05, 0.1) is 13.2 Å². The highest BCUT2D eigenvalue weighted by Gasteiger charge is 2.08. The van der Waals surface area contributed by atoms with Crippen LogP contribution >= 0.6 is 0 Å². The number of rotatable bonds is 4. The Morgan fingerprint density at radius 1 is 1.47 bits per heavy atom. The Balaban J connectivity index is 2.40. The van der Waals surface area contributed by atoms with Gasteiger partial charge in [-0.3, -0.25) is 9.78 Å². The summed E-state index contributed by atoms with van der Waals surface area (Å²) in [5, 5.41) is 2.33. The molecule has 1 heterocycles. The van der Waals surface area contributed by atoms with Crippen LogP contribution in [0.15, 0.2) is 24.4 Å². The van der Waals surface area contributed by atoms with E-state index in [2.05, 4.69) is 15.0 Å². The number of ketones is 1. The summed E-state index contributed by atoms with van der Waals surface area (Å²) < 4.78 is 4.61. The largest absolute Gasteiger partial charge is 0.450 e. The molecule has 5 nitrogen and oxygen atoms in total. The summed E-state index contributed by atoms with van der Waals surface area (Å²) in [6.45, 7) is 1.87. The van der Waals surface area contributed by atoms with Gasteiger partial charge in [-0.1, -0.05) is 6.07 Å². The number of amides is 1. The van der Waals surface area contributed by atoms with E-state index >= 15 is 0 Å². The van der Waals surface area contributed by atoms with E-state index in [0.717, 1.165) is 0 Å². The molecule has 0 bridgehead atoms. The van der Waals surface area contributed by atoms with E-state index in [9.17, 15) is 9.59 Å². The number of carbonyl (C=O) groups excluding carboxylic acids is 2. The normalized spacial score (nSPS) is 9.40. The van der Waals surface area contributed by atoms with Crippen LogP contribution < -0.4 is 5.32 Å². The number of carbonyl (C=O) groups is 2. The minimum Gasteiger partial charge on any atom is -0.450 e. The molecule has 0 unspecified atom stereocenters. The summed E-state index contributed by atoms with van der Waals surface area (Å²) in [6, 6.07) is 5.02. The second kappa shape index (κ2) is 5.74. The Morgan fingerprint density at radius 2 is 2.27 bits per heavy atom. The number of alkyl carbamates (subject to hydrolysis) is 1. The summed E-state index contributed by atoms with van der Waals surface area (Å²) >= 11 is 0. The van der Waals surface area contributed by atoms with Crippen molar-refractivity contribution in [1.29, 1.82) is 0 Å². The molecule has 80 valence electrons. The third-order valence-electron chi connectivity index (χ3n) is 1.62. The maximum atomic E-state index is 11.4. The molecule has 1 amide bonds. The molecule has 1 aromatic rings. The Morgan fingerprint density at radius 3 is 2.87 bits per heavy atom. The monoisotopic (exact) mass is 208 g/mol. The van der Waals surface area contributed by atoms with Gasteiger partial charge >= 0.3 is 6.09 Å². The first-order chi connectivity index (χ1) is 7.24. The first-order valence-corrected chi connectivity index (χ1v) is 4.59. The van der Waals surface area contributed by atoms with E-state index in [-0.39, 0.29) is 18.9 Å². The molecule has 0 radical (unpaired) electrons. The number of Topliss-reactive ketones (excluding diaryl/α,β-unsaturated/α-hetero) is 1. The molecule has 0 fully saturated rings. The van der Waals surface area contributed by atoms with Crippen molar-refractivity contribution in [3.05, 3.63) is 30.1 Å². The Kier molecular flexibility index (Phi) is 4.28. The van der Waals surface area contributed by atoms with Crippen LogP contribution in [0.1, 0.15) is 17.4 Å². The van der Waals surface area contributed by atoms with E-state index in [0.29, 0.717) is 5.69 Å².